The third-order valence-corrected chi connectivity index (χ3v) is 4.56. The van der Waals surface area contributed by atoms with Crippen molar-refractivity contribution in [3.05, 3.63) is 64.7 Å². The number of nitrogens with two attached hydrogens (primary N) is 1. The molecule has 26 heavy (non-hydrogen) atoms. The van der Waals surface area contributed by atoms with Crippen LogP contribution in [0.25, 0.3) is 0 Å². The number of anilines is 1. The number of nitrogen functional groups attached to an aromatic ring is 1. The predicted octanol–water partition coefficient (Wildman–Crippen LogP) is 3.95. The lowest BCUT2D eigenvalue weighted by atomic mass is 10.1. The first-order valence-corrected chi connectivity index (χ1v) is 8.56. The highest BCUT2D eigenvalue weighted by atomic mass is 35.5. The molecule has 3 rings (SSSR count). The Morgan fingerprint density at radius 1 is 1.08 bits per heavy atom. The van der Waals surface area contributed by atoms with E-state index in [-0.39, 0.29) is 30.7 Å². The number of carbonyl (C=O) groups excluding carboxylic acids is 1. The molecule has 1 heterocycles. The van der Waals surface area contributed by atoms with Crippen LogP contribution in [0.4, 0.5) is 5.69 Å². The molecular formula is C20H27Cl2N3O. The Hall–Kier alpha value is -1.75. The summed E-state index contributed by atoms with van der Waals surface area (Å²) in [6.45, 7) is 5.83. The van der Waals surface area contributed by atoms with Gasteiger partial charge in [-0.05, 0) is 61.7 Å². The van der Waals surface area contributed by atoms with Gasteiger partial charge in [-0.3, -0.25) is 9.69 Å². The fraction of sp³-hybridized carbons (Fsp3) is 0.350. The molecule has 6 heteroatoms. The molecule has 1 saturated heterocycles. The molecule has 0 spiro atoms. The number of nitrogens with zero attached hydrogens (tertiary/aromatic N) is 1. The van der Waals surface area contributed by atoms with Crippen LogP contribution in [0.1, 0.15) is 39.9 Å². The molecule has 3 N–H and O–H groups in total. The zero-order valence-electron chi connectivity index (χ0n) is 15.0. The Balaban J connectivity index is 0.00000169. The summed E-state index contributed by atoms with van der Waals surface area (Å²) in [5.74, 6) is -0.0789. The molecule has 2 aromatic rings. The van der Waals surface area contributed by atoms with Crippen molar-refractivity contribution in [3.8, 4) is 0 Å². The fourth-order valence-electron chi connectivity index (χ4n) is 3.20. The van der Waals surface area contributed by atoms with Crippen LogP contribution in [0.15, 0.2) is 42.5 Å². The Labute approximate surface area is 168 Å². The van der Waals surface area contributed by atoms with Crippen LogP contribution in [0.2, 0.25) is 0 Å². The van der Waals surface area contributed by atoms with E-state index >= 15 is 0 Å². The highest BCUT2D eigenvalue weighted by Gasteiger charge is 2.12. The molecule has 0 atom stereocenters. The minimum atomic E-state index is -0.0789. The standard InChI is InChI=1S/C20H25N3O.2ClH/c1-15-7-8-18(21)12-19(15)20(24)22-13-16-5-4-6-17(11-16)14-23-9-2-3-10-23;;/h4-8,11-12H,2-3,9-10,13-14,21H2,1H3,(H,22,24);2*1H. The number of hydrogen-bond donors (Lipinski definition) is 2. The van der Waals surface area contributed by atoms with Crippen molar-refractivity contribution in [1.82, 2.24) is 10.2 Å². The van der Waals surface area contributed by atoms with Crippen LogP contribution in [-0.2, 0) is 13.1 Å². The third-order valence-electron chi connectivity index (χ3n) is 4.56. The summed E-state index contributed by atoms with van der Waals surface area (Å²) in [5.41, 5.74) is 10.4. The molecule has 1 aliphatic rings. The average Bonchev–Trinajstić information content (AvgIpc) is 3.08. The molecule has 0 saturated carbocycles. The van der Waals surface area contributed by atoms with Crippen molar-refractivity contribution in [3.63, 3.8) is 0 Å². The first-order chi connectivity index (χ1) is 11.6. The van der Waals surface area contributed by atoms with Gasteiger partial charge in [-0.1, -0.05) is 30.3 Å². The largest absolute Gasteiger partial charge is 0.399 e. The van der Waals surface area contributed by atoms with Crippen LogP contribution in [0.3, 0.4) is 0 Å². The highest BCUT2D eigenvalue weighted by Crippen LogP contribution is 2.15. The van der Waals surface area contributed by atoms with E-state index in [0.29, 0.717) is 17.8 Å². The fourth-order valence-corrected chi connectivity index (χ4v) is 3.20. The van der Waals surface area contributed by atoms with Gasteiger partial charge in [0, 0.05) is 24.3 Å². The summed E-state index contributed by atoms with van der Waals surface area (Å²) in [6.07, 6.45) is 2.60. The summed E-state index contributed by atoms with van der Waals surface area (Å²) in [7, 11) is 0. The van der Waals surface area contributed by atoms with Crippen molar-refractivity contribution in [2.24, 2.45) is 0 Å². The molecular weight excluding hydrogens is 369 g/mol. The van der Waals surface area contributed by atoms with Crippen molar-refractivity contribution in [1.29, 1.82) is 0 Å². The SMILES string of the molecule is Cc1ccc(N)cc1C(=O)NCc1cccc(CN2CCCC2)c1.Cl.Cl. The molecule has 0 bridgehead atoms. The summed E-state index contributed by atoms with van der Waals surface area (Å²) in [6, 6.07) is 13.9. The van der Waals surface area contributed by atoms with Crippen molar-refractivity contribution < 1.29 is 4.79 Å². The normalized spacial score (nSPS) is 13.6. The van der Waals surface area contributed by atoms with Gasteiger partial charge in [0.15, 0.2) is 0 Å². The van der Waals surface area contributed by atoms with Crippen LogP contribution in [0, 0.1) is 6.92 Å². The summed E-state index contributed by atoms with van der Waals surface area (Å²) in [4.78, 5) is 14.9. The molecule has 0 aliphatic carbocycles. The monoisotopic (exact) mass is 395 g/mol. The van der Waals surface area contributed by atoms with Crippen molar-refractivity contribution >= 4 is 36.4 Å². The minimum Gasteiger partial charge on any atom is -0.399 e. The van der Waals surface area contributed by atoms with E-state index in [1.54, 1.807) is 6.07 Å². The lowest BCUT2D eigenvalue weighted by Crippen LogP contribution is -2.24. The summed E-state index contributed by atoms with van der Waals surface area (Å²) in [5, 5.41) is 3.00. The van der Waals surface area contributed by atoms with Gasteiger partial charge >= 0.3 is 0 Å². The van der Waals surface area contributed by atoms with Gasteiger partial charge < -0.3 is 11.1 Å². The van der Waals surface area contributed by atoms with E-state index in [1.807, 2.05) is 19.1 Å². The molecule has 1 aliphatic heterocycles. The topological polar surface area (TPSA) is 58.4 Å². The molecule has 0 unspecified atom stereocenters. The number of rotatable bonds is 5. The Bertz CT molecular complexity index is 731. The number of benzene rings is 2. The predicted molar refractivity (Wildman–Crippen MR) is 112 cm³/mol. The molecule has 1 amide bonds. The molecule has 0 aromatic heterocycles. The number of nitrogens with one attached hydrogen (secondary N) is 1. The lowest BCUT2D eigenvalue weighted by molar-refractivity contribution is 0.0950. The minimum absolute atomic E-state index is 0. The van der Waals surface area contributed by atoms with Crippen LogP contribution in [0.5, 0.6) is 0 Å². The second-order valence-corrected chi connectivity index (χ2v) is 6.56. The van der Waals surface area contributed by atoms with E-state index in [9.17, 15) is 4.79 Å². The van der Waals surface area contributed by atoms with Crippen molar-refractivity contribution in [2.45, 2.75) is 32.9 Å². The van der Waals surface area contributed by atoms with Gasteiger partial charge in [0.25, 0.3) is 5.91 Å². The second kappa shape index (κ2) is 10.4. The zero-order valence-corrected chi connectivity index (χ0v) is 16.7. The first-order valence-electron chi connectivity index (χ1n) is 8.56. The first kappa shape index (κ1) is 22.3. The van der Waals surface area contributed by atoms with Crippen LogP contribution < -0.4 is 11.1 Å². The molecule has 2 aromatic carbocycles. The van der Waals surface area contributed by atoms with Crippen LogP contribution >= 0.6 is 24.8 Å². The zero-order chi connectivity index (χ0) is 16.9. The Morgan fingerprint density at radius 3 is 2.50 bits per heavy atom. The van der Waals surface area contributed by atoms with E-state index in [0.717, 1.165) is 17.7 Å². The number of carbonyl (C=O) groups is 1. The van der Waals surface area contributed by atoms with E-state index in [4.69, 9.17) is 5.73 Å². The molecule has 0 radical (unpaired) electrons. The van der Waals surface area contributed by atoms with E-state index in [1.165, 1.54) is 31.5 Å². The average molecular weight is 396 g/mol. The Kier molecular flexibility index (Phi) is 8.93. The van der Waals surface area contributed by atoms with Gasteiger partial charge in [-0.2, -0.15) is 0 Å². The number of aryl methyl sites for hydroxylation is 1. The maximum absolute atomic E-state index is 12.4. The molecule has 4 nitrogen and oxygen atoms in total. The Morgan fingerprint density at radius 2 is 1.77 bits per heavy atom. The third kappa shape index (κ3) is 5.90. The quantitative estimate of drug-likeness (QED) is 0.753. The lowest BCUT2D eigenvalue weighted by Gasteiger charge is -2.15. The number of likely N-dealkylation sites (tertiary alicyclic amines) is 1. The second-order valence-electron chi connectivity index (χ2n) is 6.56. The van der Waals surface area contributed by atoms with Gasteiger partial charge in [0.1, 0.15) is 0 Å². The van der Waals surface area contributed by atoms with Crippen molar-refractivity contribution in [2.75, 3.05) is 18.8 Å². The highest BCUT2D eigenvalue weighted by molar-refractivity contribution is 5.96. The number of hydrogen-bond acceptors (Lipinski definition) is 3. The van der Waals surface area contributed by atoms with E-state index in [2.05, 4.69) is 34.5 Å². The van der Waals surface area contributed by atoms with Crippen LogP contribution in [-0.4, -0.2) is 23.9 Å². The van der Waals surface area contributed by atoms with E-state index < -0.39 is 0 Å². The smallest absolute Gasteiger partial charge is 0.251 e. The van der Waals surface area contributed by atoms with Gasteiger partial charge in [-0.25, -0.2) is 0 Å². The van der Waals surface area contributed by atoms with Gasteiger partial charge in [0.2, 0.25) is 0 Å². The summed E-state index contributed by atoms with van der Waals surface area (Å²) >= 11 is 0. The van der Waals surface area contributed by atoms with Gasteiger partial charge in [-0.15, -0.1) is 24.8 Å². The molecule has 142 valence electrons. The summed E-state index contributed by atoms with van der Waals surface area (Å²) < 4.78 is 0. The maximum Gasteiger partial charge on any atom is 0.251 e. The number of halogens is 2. The number of amides is 1. The molecule has 1 fully saturated rings. The maximum atomic E-state index is 12.4. The van der Waals surface area contributed by atoms with Gasteiger partial charge in [0.05, 0.1) is 0 Å².